The number of rotatable bonds is 4. The molecular formula is C15H14BrN5. The lowest BCUT2D eigenvalue weighted by Gasteiger charge is -2.17. The van der Waals surface area contributed by atoms with E-state index in [1.165, 1.54) is 0 Å². The van der Waals surface area contributed by atoms with Crippen LogP contribution in [-0.2, 0) is 5.54 Å². The number of aromatic nitrogens is 4. The van der Waals surface area contributed by atoms with E-state index in [4.69, 9.17) is 0 Å². The summed E-state index contributed by atoms with van der Waals surface area (Å²) in [6.45, 7) is 0.822. The first-order valence-electron chi connectivity index (χ1n) is 6.91. The fourth-order valence-electron chi connectivity index (χ4n) is 2.59. The molecular weight excluding hydrogens is 330 g/mol. The van der Waals surface area contributed by atoms with Gasteiger partial charge in [-0.25, -0.2) is 9.97 Å². The van der Waals surface area contributed by atoms with E-state index in [-0.39, 0.29) is 5.54 Å². The third kappa shape index (κ3) is 2.29. The molecule has 1 saturated carbocycles. The van der Waals surface area contributed by atoms with Gasteiger partial charge in [-0.2, -0.15) is 5.10 Å². The minimum Gasteiger partial charge on any atom is -0.367 e. The highest BCUT2D eigenvalue weighted by Crippen LogP contribution is 2.43. The summed E-state index contributed by atoms with van der Waals surface area (Å²) in [4.78, 5) is 8.66. The normalized spacial score (nSPS) is 16.0. The Morgan fingerprint density at radius 2 is 2.10 bits per heavy atom. The molecule has 1 aliphatic carbocycles. The third-order valence-electron chi connectivity index (χ3n) is 3.99. The summed E-state index contributed by atoms with van der Waals surface area (Å²) < 4.78 is 3.06. The number of hydrogen-bond donors (Lipinski definition) is 1. The van der Waals surface area contributed by atoms with E-state index in [1.807, 2.05) is 41.3 Å². The van der Waals surface area contributed by atoms with Crippen molar-refractivity contribution in [2.45, 2.75) is 18.4 Å². The van der Waals surface area contributed by atoms with E-state index in [1.54, 1.807) is 6.33 Å². The van der Waals surface area contributed by atoms with Crippen LogP contribution in [0, 0.1) is 0 Å². The first-order chi connectivity index (χ1) is 10.3. The van der Waals surface area contributed by atoms with Crippen LogP contribution in [-0.4, -0.2) is 26.3 Å². The van der Waals surface area contributed by atoms with Crippen LogP contribution in [0.2, 0.25) is 0 Å². The van der Waals surface area contributed by atoms with Gasteiger partial charge in [-0.05, 0) is 40.9 Å². The van der Waals surface area contributed by atoms with Gasteiger partial charge in [-0.15, -0.1) is 0 Å². The van der Waals surface area contributed by atoms with Gasteiger partial charge in [0.1, 0.15) is 12.1 Å². The van der Waals surface area contributed by atoms with Crippen molar-refractivity contribution in [3.8, 4) is 0 Å². The van der Waals surface area contributed by atoms with E-state index in [9.17, 15) is 0 Å². The lowest BCUT2D eigenvalue weighted by atomic mass is 10.2. The van der Waals surface area contributed by atoms with Gasteiger partial charge >= 0.3 is 0 Å². The molecule has 0 radical (unpaired) electrons. The second-order valence-corrected chi connectivity index (χ2v) is 6.34. The maximum Gasteiger partial charge on any atom is 0.137 e. The van der Waals surface area contributed by atoms with Gasteiger partial charge < -0.3 is 5.32 Å². The molecule has 3 aromatic rings. The van der Waals surface area contributed by atoms with Crippen molar-refractivity contribution in [1.29, 1.82) is 0 Å². The van der Waals surface area contributed by atoms with Crippen molar-refractivity contribution < 1.29 is 0 Å². The Morgan fingerprint density at radius 1 is 1.24 bits per heavy atom. The number of benzene rings is 1. The molecule has 2 heterocycles. The zero-order valence-corrected chi connectivity index (χ0v) is 12.9. The van der Waals surface area contributed by atoms with Gasteiger partial charge in [0.2, 0.25) is 0 Å². The van der Waals surface area contributed by atoms with Crippen molar-refractivity contribution >= 4 is 32.7 Å². The topological polar surface area (TPSA) is 55.6 Å². The molecule has 1 aliphatic rings. The van der Waals surface area contributed by atoms with E-state index in [0.717, 1.165) is 40.6 Å². The molecule has 0 spiro atoms. The summed E-state index contributed by atoms with van der Waals surface area (Å²) in [7, 11) is 0. The van der Waals surface area contributed by atoms with Crippen LogP contribution in [0.3, 0.4) is 0 Å². The summed E-state index contributed by atoms with van der Waals surface area (Å²) in [6.07, 6.45) is 7.75. The minimum absolute atomic E-state index is 0.0814. The molecule has 1 fully saturated rings. The predicted octanol–water partition coefficient (Wildman–Crippen LogP) is 3.19. The molecule has 2 aromatic heterocycles. The Balaban J connectivity index is 1.59. The SMILES string of the molecule is Brc1cnn(C2(CNc3ncnc4ccccc34)CC2)c1. The number of nitrogens with one attached hydrogen (secondary N) is 1. The third-order valence-corrected chi connectivity index (χ3v) is 4.40. The number of anilines is 1. The average Bonchev–Trinajstić information content (AvgIpc) is 3.19. The molecule has 6 heteroatoms. The zero-order valence-electron chi connectivity index (χ0n) is 11.3. The molecule has 0 unspecified atom stereocenters. The molecule has 1 aromatic carbocycles. The Kier molecular flexibility index (Phi) is 2.92. The van der Waals surface area contributed by atoms with Gasteiger partial charge in [0.25, 0.3) is 0 Å². The van der Waals surface area contributed by atoms with E-state index >= 15 is 0 Å². The summed E-state index contributed by atoms with van der Waals surface area (Å²) in [5, 5.41) is 8.95. The van der Waals surface area contributed by atoms with Crippen LogP contribution >= 0.6 is 15.9 Å². The summed E-state index contributed by atoms with van der Waals surface area (Å²) in [6, 6.07) is 8.04. The second kappa shape index (κ2) is 4.80. The van der Waals surface area contributed by atoms with Crippen molar-refractivity contribution in [2.75, 3.05) is 11.9 Å². The lowest BCUT2D eigenvalue weighted by Crippen LogP contribution is -2.27. The van der Waals surface area contributed by atoms with Crippen molar-refractivity contribution in [1.82, 2.24) is 19.7 Å². The van der Waals surface area contributed by atoms with E-state index in [2.05, 4.69) is 36.3 Å². The molecule has 106 valence electrons. The van der Waals surface area contributed by atoms with Crippen molar-refractivity contribution in [2.24, 2.45) is 0 Å². The molecule has 1 N–H and O–H groups in total. The van der Waals surface area contributed by atoms with Crippen LogP contribution in [0.1, 0.15) is 12.8 Å². The van der Waals surface area contributed by atoms with Crippen molar-refractivity contribution in [3.05, 3.63) is 47.5 Å². The van der Waals surface area contributed by atoms with Crippen LogP contribution in [0.15, 0.2) is 47.5 Å². The highest BCUT2D eigenvalue weighted by Gasteiger charge is 2.45. The maximum atomic E-state index is 4.42. The summed E-state index contributed by atoms with van der Waals surface area (Å²) in [5.74, 6) is 0.887. The minimum atomic E-state index is 0.0814. The first-order valence-corrected chi connectivity index (χ1v) is 7.70. The Hall–Kier alpha value is -1.95. The number of fused-ring (bicyclic) bond motifs is 1. The Labute approximate surface area is 130 Å². The number of hydrogen-bond acceptors (Lipinski definition) is 4. The lowest BCUT2D eigenvalue weighted by molar-refractivity contribution is 0.452. The molecule has 21 heavy (non-hydrogen) atoms. The molecule has 5 nitrogen and oxygen atoms in total. The second-order valence-electron chi connectivity index (χ2n) is 5.42. The summed E-state index contributed by atoms with van der Waals surface area (Å²) >= 11 is 3.46. The van der Waals surface area contributed by atoms with Crippen molar-refractivity contribution in [3.63, 3.8) is 0 Å². The summed E-state index contributed by atoms with van der Waals surface area (Å²) in [5.41, 5.74) is 1.04. The molecule has 0 amide bonds. The smallest absolute Gasteiger partial charge is 0.137 e. The molecule has 0 bridgehead atoms. The maximum absolute atomic E-state index is 4.42. The van der Waals surface area contributed by atoms with Gasteiger partial charge in [-0.3, -0.25) is 4.68 Å². The van der Waals surface area contributed by atoms with Gasteiger partial charge in [0.15, 0.2) is 0 Å². The fourth-order valence-corrected chi connectivity index (χ4v) is 2.87. The Morgan fingerprint density at radius 3 is 2.86 bits per heavy atom. The molecule has 4 rings (SSSR count). The molecule has 0 atom stereocenters. The molecule has 0 saturated heterocycles. The first kappa shape index (κ1) is 12.8. The number of para-hydroxylation sites is 1. The zero-order chi connectivity index (χ0) is 14.3. The van der Waals surface area contributed by atoms with Gasteiger partial charge in [0.05, 0.1) is 21.7 Å². The predicted molar refractivity (Wildman–Crippen MR) is 85.2 cm³/mol. The van der Waals surface area contributed by atoms with Crippen LogP contribution in [0.5, 0.6) is 0 Å². The highest BCUT2D eigenvalue weighted by molar-refractivity contribution is 9.10. The standard InChI is InChI=1S/C15H14BrN5/c16-11-7-20-21(8-11)15(5-6-15)9-17-14-12-3-1-2-4-13(12)18-10-19-14/h1-4,7-8,10H,5-6,9H2,(H,17,18,19). The average molecular weight is 344 g/mol. The largest absolute Gasteiger partial charge is 0.367 e. The number of nitrogens with zero attached hydrogens (tertiary/aromatic N) is 4. The van der Waals surface area contributed by atoms with E-state index in [0.29, 0.717) is 0 Å². The number of halogens is 1. The monoisotopic (exact) mass is 343 g/mol. The quantitative estimate of drug-likeness (QED) is 0.790. The van der Waals surface area contributed by atoms with Crippen LogP contribution in [0.25, 0.3) is 10.9 Å². The van der Waals surface area contributed by atoms with Crippen LogP contribution < -0.4 is 5.32 Å². The Bertz CT molecular complexity index is 788. The van der Waals surface area contributed by atoms with Gasteiger partial charge in [-0.1, -0.05) is 12.1 Å². The van der Waals surface area contributed by atoms with Crippen LogP contribution in [0.4, 0.5) is 5.82 Å². The van der Waals surface area contributed by atoms with E-state index < -0.39 is 0 Å². The van der Waals surface area contributed by atoms with Gasteiger partial charge in [0, 0.05) is 18.1 Å². The fraction of sp³-hybridized carbons (Fsp3) is 0.267. The molecule has 0 aliphatic heterocycles. The highest BCUT2D eigenvalue weighted by atomic mass is 79.9.